The maximum atomic E-state index is 5.00. The molecule has 0 spiro atoms. The molecule has 0 aliphatic rings. The summed E-state index contributed by atoms with van der Waals surface area (Å²) in [4.78, 5) is 5.00. The number of fused-ring (bicyclic) bond motifs is 6. The third kappa shape index (κ3) is 2.91. The van der Waals surface area contributed by atoms with E-state index in [1.807, 2.05) is 12.1 Å². The average Bonchev–Trinajstić information content (AvgIpc) is 3.55. The quantitative estimate of drug-likeness (QED) is 0.243. The van der Waals surface area contributed by atoms with Crippen molar-refractivity contribution in [2.24, 2.45) is 0 Å². The van der Waals surface area contributed by atoms with Gasteiger partial charge in [0.2, 0.25) is 5.78 Å². The van der Waals surface area contributed by atoms with E-state index in [2.05, 4.69) is 130 Å². The lowest BCUT2D eigenvalue weighted by Crippen LogP contribution is -1.98. The van der Waals surface area contributed by atoms with Gasteiger partial charge in [-0.2, -0.15) is 0 Å². The third-order valence-electron chi connectivity index (χ3n) is 7.01. The van der Waals surface area contributed by atoms with Crippen LogP contribution in [0.1, 0.15) is 11.4 Å². The van der Waals surface area contributed by atoms with Gasteiger partial charge in [-0.3, -0.25) is 8.97 Å². The highest BCUT2D eigenvalue weighted by molar-refractivity contribution is 6.10. The van der Waals surface area contributed by atoms with Gasteiger partial charge in [-0.15, -0.1) is 0 Å². The first kappa shape index (κ1) is 20.5. The number of rotatable bonds is 4. The van der Waals surface area contributed by atoms with Gasteiger partial charge in [-0.1, -0.05) is 73.3 Å². The minimum Gasteiger partial charge on any atom is -0.310 e. The van der Waals surface area contributed by atoms with Gasteiger partial charge in [-0.25, -0.2) is 4.98 Å². The second kappa shape index (κ2) is 7.85. The van der Waals surface area contributed by atoms with Crippen LogP contribution in [0.4, 0.5) is 0 Å². The lowest BCUT2D eigenvalue weighted by Gasteiger charge is -2.09. The molecular formula is C32H24N4. The lowest BCUT2D eigenvalue weighted by atomic mass is 10.2. The zero-order valence-electron chi connectivity index (χ0n) is 20.0. The fourth-order valence-corrected chi connectivity index (χ4v) is 5.39. The summed E-state index contributed by atoms with van der Waals surface area (Å²) in [5, 5.41) is 2.47. The Morgan fingerprint density at radius 1 is 0.722 bits per heavy atom. The van der Waals surface area contributed by atoms with Gasteiger partial charge in [-0.05, 0) is 55.5 Å². The number of benzene rings is 4. The first-order valence-electron chi connectivity index (χ1n) is 12.1. The number of nitrogens with zero attached hydrogens (tertiary/aromatic N) is 4. The number of aromatic nitrogens is 4. The predicted molar refractivity (Wildman–Crippen MR) is 151 cm³/mol. The maximum absolute atomic E-state index is 5.00. The normalized spacial score (nSPS) is 12.0. The summed E-state index contributed by atoms with van der Waals surface area (Å²) < 4.78 is 6.71. The van der Waals surface area contributed by atoms with Crippen LogP contribution in [0.5, 0.6) is 0 Å². The number of para-hydroxylation sites is 5. The van der Waals surface area contributed by atoms with Crippen LogP contribution in [-0.4, -0.2) is 18.5 Å². The van der Waals surface area contributed by atoms with Crippen LogP contribution in [-0.2, 0) is 0 Å². The summed E-state index contributed by atoms with van der Waals surface area (Å²) in [6.45, 7) is 6.64. The van der Waals surface area contributed by atoms with Gasteiger partial charge in [0.05, 0.1) is 27.8 Å². The van der Waals surface area contributed by atoms with E-state index in [0.29, 0.717) is 0 Å². The van der Waals surface area contributed by atoms with Crippen molar-refractivity contribution in [1.29, 1.82) is 0 Å². The molecule has 7 rings (SSSR count). The van der Waals surface area contributed by atoms with Crippen LogP contribution < -0.4 is 0 Å². The molecule has 0 saturated carbocycles. The second-order valence-corrected chi connectivity index (χ2v) is 9.07. The fraction of sp³-hybridized carbons (Fsp3) is 0.0312. The van der Waals surface area contributed by atoms with Crippen molar-refractivity contribution in [1.82, 2.24) is 18.5 Å². The smallest absolute Gasteiger partial charge is 0.220 e. The minimum absolute atomic E-state index is 0.905. The van der Waals surface area contributed by atoms with Crippen LogP contribution >= 0.6 is 0 Å². The number of hydrogen-bond donors (Lipinski definition) is 0. The molecular weight excluding hydrogens is 440 g/mol. The SMILES string of the molecule is C=C(/C=C\c1c(C)n2c3ccccc3nc2n1-c1ccccc1)n1c2ccccc2c2ccccc21. The molecule has 4 nitrogen and oxygen atoms in total. The zero-order chi connectivity index (χ0) is 24.2. The molecule has 0 unspecified atom stereocenters. The summed E-state index contributed by atoms with van der Waals surface area (Å²) in [5.41, 5.74) is 8.61. The van der Waals surface area contributed by atoms with Crippen LogP contribution in [0.2, 0.25) is 0 Å². The van der Waals surface area contributed by atoms with Crippen LogP contribution in [0.3, 0.4) is 0 Å². The molecule has 0 amide bonds. The molecule has 4 aromatic carbocycles. The van der Waals surface area contributed by atoms with Gasteiger partial charge in [0, 0.05) is 27.9 Å². The van der Waals surface area contributed by atoms with Crippen LogP contribution in [0.15, 0.2) is 116 Å². The van der Waals surface area contributed by atoms with Crippen molar-refractivity contribution in [3.05, 3.63) is 127 Å². The van der Waals surface area contributed by atoms with Gasteiger partial charge in [0.25, 0.3) is 0 Å². The van der Waals surface area contributed by atoms with E-state index in [-0.39, 0.29) is 0 Å². The second-order valence-electron chi connectivity index (χ2n) is 9.07. The Hall–Kier alpha value is -4.83. The largest absolute Gasteiger partial charge is 0.310 e. The lowest BCUT2D eigenvalue weighted by molar-refractivity contribution is 1.07. The molecule has 0 radical (unpaired) electrons. The molecule has 0 atom stereocenters. The standard InChI is InChI=1S/C32H24N4/c1-22(34-29-17-9-6-14-25(29)26-15-7-10-18-30(26)34)20-21-28-23(2)35-31-19-11-8-16-27(31)33-32(35)36(28)24-12-4-3-5-13-24/h3-21H,1H2,2H3/b21-20-. The molecule has 172 valence electrons. The highest BCUT2D eigenvalue weighted by Gasteiger charge is 2.18. The number of imidazole rings is 2. The molecule has 0 fully saturated rings. The number of aryl methyl sites for hydroxylation is 1. The highest BCUT2D eigenvalue weighted by Crippen LogP contribution is 2.32. The third-order valence-corrected chi connectivity index (χ3v) is 7.01. The zero-order valence-corrected chi connectivity index (χ0v) is 20.0. The molecule has 3 aromatic heterocycles. The van der Waals surface area contributed by atoms with E-state index in [9.17, 15) is 0 Å². The first-order chi connectivity index (χ1) is 17.7. The van der Waals surface area contributed by atoms with Crippen molar-refractivity contribution in [3.8, 4) is 5.69 Å². The average molecular weight is 465 g/mol. The molecule has 7 aromatic rings. The Morgan fingerprint density at radius 2 is 1.31 bits per heavy atom. The molecule has 0 N–H and O–H groups in total. The molecule has 4 heteroatoms. The van der Waals surface area contributed by atoms with E-state index < -0.39 is 0 Å². The first-order valence-corrected chi connectivity index (χ1v) is 12.1. The van der Waals surface area contributed by atoms with Crippen molar-refractivity contribution in [2.75, 3.05) is 0 Å². The van der Waals surface area contributed by atoms with Gasteiger partial charge in [0.1, 0.15) is 0 Å². The fourth-order valence-electron chi connectivity index (χ4n) is 5.39. The maximum Gasteiger partial charge on any atom is 0.220 e. The van der Waals surface area contributed by atoms with E-state index in [1.165, 1.54) is 10.8 Å². The number of hydrogen-bond acceptors (Lipinski definition) is 1. The number of allylic oxidation sites excluding steroid dienone is 2. The van der Waals surface area contributed by atoms with Crippen molar-refractivity contribution < 1.29 is 0 Å². The Bertz CT molecular complexity index is 1910. The topological polar surface area (TPSA) is 27.2 Å². The summed E-state index contributed by atoms with van der Waals surface area (Å²) in [7, 11) is 0. The Balaban J connectivity index is 1.44. The molecule has 36 heavy (non-hydrogen) atoms. The molecule has 0 saturated heterocycles. The monoisotopic (exact) mass is 464 g/mol. The Kier molecular flexibility index (Phi) is 4.48. The minimum atomic E-state index is 0.905. The summed E-state index contributed by atoms with van der Waals surface area (Å²) in [6.07, 6.45) is 4.28. The van der Waals surface area contributed by atoms with Crippen LogP contribution in [0.25, 0.3) is 56.1 Å². The van der Waals surface area contributed by atoms with E-state index >= 15 is 0 Å². The Labute approximate surface area is 208 Å². The van der Waals surface area contributed by atoms with Crippen molar-refractivity contribution >= 4 is 50.4 Å². The molecule has 0 bridgehead atoms. The summed E-state index contributed by atoms with van der Waals surface area (Å²) in [5.74, 6) is 0.905. The molecule has 3 heterocycles. The van der Waals surface area contributed by atoms with E-state index in [1.54, 1.807) is 0 Å². The Morgan fingerprint density at radius 3 is 2.00 bits per heavy atom. The predicted octanol–water partition coefficient (Wildman–Crippen LogP) is 7.88. The van der Waals surface area contributed by atoms with Crippen molar-refractivity contribution in [2.45, 2.75) is 6.92 Å². The van der Waals surface area contributed by atoms with Crippen molar-refractivity contribution in [3.63, 3.8) is 0 Å². The van der Waals surface area contributed by atoms with Gasteiger partial charge >= 0.3 is 0 Å². The van der Waals surface area contributed by atoms with E-state index in [0.717, 1.165) is 50.6 Å². The molecule has 0 aliphatic heterocycles. The van der Waals surface area contributed by atoms with Gasteiger partial charge in [0.15, 0.2) is 0 Å². The van der Waals surface area contributed by atoms with E-state index in [4.69, 9.17) is 4.98 Å². The van der Waals surface area contributed by atoms with Gasteiger partial charge < -0.3 is 4.57 Å². The van der Waals surface area contributed by atoms with Crippen LogP contribution in [0, 0.1) is 6.92 Å². The molecule has 0 aliphatic carbocycles. The summed E-state index contributed by atoms with van der Waals surface area (Å²) in [6, 6.07) is 35.7. The summed E-state index contributed by atoms with van der Waals surface area (Å²) >= 11 is 0. The highest BCUT2D eigenvalue weighted by atomic mass is 15.2.